The summed E-state index contributed by atoms with van der Waals surface area (Å²) < 4.78 is 0. The minimum Gasteiger partial charge on any atom is -0.480 e. The van der Waals surface area contributed by atoms with Gasteiger partial charge in [-0.3, -0.25) is 14.4 Å². The lowest BCUT2D eigenvalue weighted by atomic mass is 10.0. The number of nitrogens with zero attached hydrogens (tertiary/aromatic N) is 1. The highest BCUT2D eigenvalue weighted by Crippen LogP contribution is 2.07. The molecule has 0 saturated carbocycles. The van der Waals surface area contributed by atoms with Gasteiger partial charge in [0.05, 0.1) is 12.4 Å². The fraction of sp³-hybridized carbons (Fsp3) is 0.650. The summed E-state index contributed by atoms with van der Waals surface area (Å²) in [5, 5.41) is 17.0. The summed E-state index contributed by atoms with van der Waals surface area (Å²) in [6.45, 7) is 8.74. The quantitative estimate of drug-likeness (QED) is 0.255. The standard InChI is InChI=1S/C20H34N6O5/c1-10(2)6-15(20(30)31)26-18(28)14(7-13-8-22-9-23-13)25-17(27)12(5)24-19(29)16(21)11(3)4/h8-12,14-16H,6-7,21H2,1-5H3,(H,22,23)(H,24,29)(H,25,27)(H,26,28)(H,30,31). The summed E-state index contributed by atoms with van der Waals surface area (Å²) in [6.07, 6.45) is 3.24. The number of H-pyrrole nitrogens is 1. The highest BCUT2D eigenvalue weighted by Gasteiger charge is 2.29. The zero-order chi connectivity index (χ0) is 23.7. The van der Waals surface area contributed by atoms with Gasteiger partial charge in [-0.15, -0.1) is 0 Å². The van der Waals surface area contributed by atoms with E-state index in [0.29, 0.717) is 5.69 Å². The zero-order valence-electron chi connectivity index (χ0n) is 18.6. The molecule has 0 bridgehead atoms. The Balaban J connectivity index is 2.89. The maximum Gasteiger partial charge on any atom is 0.326 e. The Hall–Kier alpha value is -2.95. The van der Waals surface area contributed by atoms with Gasteiger partial charge in [-0.25, -0.2) is 9.78 Å². The first-order chi connectivity index (χ1) is 14.4. The van der Waals surface area contributed by atoms with Crippen LogP contribution in [0.15, 0.2) is 12.5 Å². The second kappa shape index (κ2) is 12.0. The fourth-order valence-corrected chi connectivity index (χ4v) is 2.77. The molecular formula is C20H34N6O5. The predicted octanol–water partition coefficient (Wildman–Crippen LogP) is -0.459. The number of carbonyl (C=O) groups excluding carboxylic acids is 3. The lowest BCUT2D eigenvalue weighted by Crippen LogP contribution is -2.57. The van der Waals surface area contributed by atoms with Crippen molar-refractivity contribution in [2.24, 2.45) is 17.6 Å². The van der Waals surface area contributed by atoms with Crippen molar-refractivity contribution in [3.8, 4) is 0 Å². The van der Waals surface area contributed by atoms with Gasteiger partial charge in [-0.2, -0.15) is 0 Å². The van der Waals surface area contributed by atoms with Crippen LogP contribution < -0.4 is 21.7 Å². The Bertz CT molecular complexity index is 749. The van der Waals surface area contributed by atoms with E-state index in [4.69, 9.17) is 5.73 Å². The zero-order valence-corrected chi connectivity index (χ0v) is 18.6. The number of aromatic amines is 1. The van der Waals surface area contributed by atoms with Gasteiger partial charge in [0.15, 0.2) is 0 Å². The second-order valence-corrected chi connectivity index (χ2v) is 8.37. The van der Waals surface area contributed by atoms with Crippen molar-refractivity contribution < 1.29 is 24.3 Å². The lowest BCUT2D eigenvalue weighted by Gasteiger charge is -2.24. The van der Waals surface area contributed by atoms with Crippen LogP contribution in [0.5, 0.6) is 0 Å². The molecule has 11 heteroatoms. The first-order valence-electron chi connectivity index (χ1n) is 10.3. The number of hydrogen-bond donors (Lipinski definition) is 6. The molecule has 0 radical (unpaired) electrons. The van der Waals surface area contributed by atoms with Crippen molar-refractivity contribution in [2.75, 3.05) is 0 Å². The molecule has 1 aromatic rings. The molecule has 1 rings (SSSR count). The van der Waals surface area contributed by atoms with Crippen molar-refractivity contribution in [3.63, 3.8) is 0 Å². The molecule has 31 heavy (non-hydrogen) atoms. The molecule has 0 aliphatic carbocycles. The number of amides is 3. The second-order valence-electron chi connectivity index (χ2n) is 8.37. The maximum atomic E-state index is 12.8. The number of nitrogens with one attached hydrogen (secondary N) is 4. The number of hydrogen-bond acceptors (Lipinski definition) is 6. The number of carboxylic acid groups (broad SMARTS) is 1. The van der Waals surface area contributed by atoms with Crippen molar-refractivity contribution in [2.45, 2.75) is 71.6 Å². The number of carbonyl (C=O) groups is 4. The van der Waals surface area contributed by atoms with Crippen LogP contribution in [0, 0.1) is 11.8 Å². The van der Waals surface area contributed by atoms with Gasteiger partial charge in [0.2, 0.25) is 17.7 Å². The van der Waals surface area contributed by atoms with Crippen LogP contribution in [0.4, 0.5) is 0 Å². The van der Waals surface area contributed by atoms with E-state index in [2.05, 4.69) is 25.9 Å². The molecule has 7 N–H and O–H groups in total. The molecule has 0 aromatic carbocycles. The van der Waals surface area contributed by atoms with Gasteiger partial charge in [-0.05, 0) is 25.2 Å². The van der Waals surface area contributed by atoms with Crippen molar-refractivity contribution in [1.82, 2.24) is 25.9 Å². The molecule has 3 amide bonds. The summed E-state index contributed by atoms with van der Waals surface area (Å²) >= 11 is 0. The predicted molar refractivity (Wildman–Crippen MR) is 114 cm³/mol. The van der Waals surface area contributed by atoms with E-state index >= 15 is 0 Å². The minimum absolute atomic E-state index is 0.0439. The fourth-order valence-electron chi connectivity index (χ4n) is 2.77. The third kappa shape index (κ3) is 8.75. The maximum absolute atomic E-state index is 12.8. The molecule has 0 saturated heterocycles. The normalized spacial score (nSPS) is 15.1. The van der Waals surface area contributed by atoms with E-state index in [1.54, 1.807) is 13.8 Å². The third-order valence-corrected chi connectivity index (χ3v) is 4.71. The van der Waals surface area contributed by atoms with Gasteiger partial charge in [-0.1, -0.05) is 27.7 Å². The first kappa shape index (κ1) is 26.1. The van der Waals surface area contributed by atoms with E-state index in [-0.39, 0.29) is 24.7 Å². The largest absolute Gasteiger partial charge is 0.480 e. The monoisotopic (exact) mass is 438 g/mol. The van der Waals surface area contributed by atoms with Gasteiger partial charge in [0, 0.05) is 18.3 Å². The Labute approximate surface area is 181 Å². The highest BCUT2D eigenvalue weighted by molar-refractivity contribution is 5.94. The van der Waals surface area contributed by atoms with Crippen LogP contribution in [-0.4, -0.2) is 62.9 Å². The van der Waals surface area contributed by atoms with Crippen LogP contribution in [0.1, 0.15) is 46.7 Å². The van der Waals surface area contributed by atoms with Gasteiger partial charge in [0.25, 0.3) is 0 Å². The molecule has 174 valence electrons. The minimum atomic E-state index is -1.16. The van der Waals surface area contributed by atoms with E-state index in [0.717, 1.165) is 0 Å². The molecule has 4 unspecified atom stereocenters. The average molecular weight is 439 g/mol. The Kier molecular flexibility index (Phi) is 10.1. The lowest BCUT2D eigenvalue weighted by molar-refractivity contribution is -0.142. The molecule has 4 atom stereocenters. The van der Waals surface area contributed by atoms with Gasteiger partial charge >= 0.3 is 5.97 Å². The molecule has 0 aliphatic heterocycles. The van der Waals surface area contributed by atoms with E-state index < -0.39 is 47.9 Å². The van der Waals surface area contributed by atoms with Crippen LogP contribution in [0.25, 0.3) is 0 Å². The Morgan fingerprint density at radius 1 is 1.00 bits per heavy atom. The molecule has 11 nitrogen and oxygen atoms in total. The highest BCUT2D eigenvalue weighted by atomic mass is 16.4. The van der Waals surface area contributed by atoms with Crippen molar-refractivity contribution in [1.29, 1.82) is 0 Å². The van der Waals surface area contributed by atoms with E-state index in [1.807, 2.05) is 13.8 Å². The average Bonchev–Trinajstić information content (AvgIpc) is 3.18. The SMILES string of the molecule is CC(C)CC(NC(=O)C(Cc1cnc[nH]1)NC(=O)C(C)NC(=O)C(N)C(C)C)C(=O)O. The van der Waals surface area contributed by atoms with E-state index in [1.165, 1.54) is 19.4 Å². The van der Waals surface area contributed by atoms with Crippen molar-refractivity contribution in [3.05, 3.63) is 18.2 Å². The number of imidazole rings is 1. The molecule has 0 spiro atoms. The molecule has 0 aliphatic rings. The Morgan fingerprint density at radius 2 is 1.61 bits per heavy atom. The third-order valence-electron chi connectivity index (χ3n) is 4.71. The number of aliphatic carboxylic acids is 1. The Morgan fingerprint density at radius 3 is 2.10 bits per heavy atom. The van der Waals surface area contributed by atoms with Gasteiger partial charge in [0.1, 0.15) is 18.1 Å². The van der Waals surface area contributed by atoms with Crippen LogP contribution in [0.3, 0.4) is 0 Å². The van der Waals surface area contributed by atoms with E-state index in [9.17, 15) is 24.3 Å². The van der Waals surface area contributed by atoms with Crippen LogP contribution in [0.2, 0.25) is 0 Å². The number of carboxylic acids is 1. The topological polar surface area (TPSA) is 179 Å². The van der Waals surface area contributed by atoms with Crippen LogP contribution in [-0.2, 0) is 25.6 Å². The molecule has 0 fully saturated rings. The molecular weight excluding hydrogens is 404 g/mol. The first-order valence-corrected chi connectivity index (χ1v) is 10.3. The van der Waals surface area contributed by atoms with Crippen molar-refractivity contribution >= 4 is 23.7 Å². The van der Waals surface area contributed by atoms with Gasteiger partial charge < -0.3 is 31.8 Å². The summed E-state index contributed by atoms with van der Waals surface area (Å²) in [5.74, 6) is -2.94. The summed E-state index contributed by atoms with van der Waals surface area (Å²) in [7, 11) is 0. The summed E-state index contributed by atoms with van der Waals surface area (Å²) in [5.41, 5.74) is 6.37. The number of nitrogens with two attached hydrogens (primary N) is 1. The smallest absolute Gasteiger partial charge is 0.326 e. The molecule has 1 aromatic heterocycles. The molecule has 1 heterocycles. The van der Waals surface area contributed by atoms with Crippen LogP contribution >= 0.6 is 0 Å². The summed E-state index contributed by atoms with van der Waals surface area (Å²) in [4.78, 5) is 55.8. The number of aromatic nitrogens is 2. The summed E-state index contributed by atoms with van der Waals surface area (Å²) in [6, 6.07) is -3.87. The number of rotatable bonds is 12.